The highest BCUT2D eigenvalue weighted by Crippen LogP contribution is 2.29. The molecule has 0 bridgehead atoms. The first kappa shape index (κ1) is 22.8. The van der Waals surface area contributed by atoms with Gasteiger partial charge in [0.1, 0.15) is 11.4 Å². The predicted molar refractivity (Wildman–Crippen MR) is 125 cm³/mol. The van der Waals surface area contributed by atoms with Crippen molar-refractivity contribution in [1.29, 1.82) is 5.26 Å². The fourth-order valence-electron chi connectivity index (χ4n) is 4.56. The van der Waals surface area contributed by atoms with E-state index in [1.165, 1.54) is 30.2 Å². The number of carbonyl (C=O) groups excluding carboxylic acids is 1. The fraction of sp³-hybridized carbons (Fsp3) is 0.583. The van der Waals surface area contributed by atoms with Crippen molar-refractivity contribution in [1.82, 2.24) is 25.0 Å². The van der Waals surface area contributed by atoms with Gasteiger partial charge >= 0.3 is 0 Å². The molecule has 2 aliphatic rings. The third-order valence-electron chi connectivity index (χ3n) is 6.48. The molecule has 1 aliphatic heterocycles. The van der Waals surface area contributed by atoms with Crippen LogP contribution in [0.15, 0.2) is 35.5 Å². The van der Waals surface area contributed by atoms with E-state index in [1.54, 1.807) is 0 Å². The SMILES string of the molecule is CC(Sc1nnc(CN2CCCC2)n1Cc1ccccc1)C(=O)NC1(C#N)CCCCC1. The van der Waals surface area contributed by atoms with Gasteiger partial charge in [-0.25, -0.2) is 0 Å². The van der Waals surface area contributed by atoms with Gasteiger partial charge in [-0.1, -0.05) is 61.4 Å². The molecule has 1 aromatic heterocycles. The molecule has 1 aliphatic carbocycles. The van der Waals surface area contributed by atoms with Gasteiger partial charge in [0.2, 0.25) is 5.91 Å². The largest absolute Gasteiger partial charge is 0.337 e. The van der Waals surface area contributed by atoms with Crippen LogP contribution in [-0.4, -0.2) is 49.4 Å². The summed E-state index contributed by atoms with van der Waals surface area (Å²) in [5, 5.41) is 22.1. The predicted octanol–water partition coefficient (Wildman–Crippen LogP) is 3.75. The Morgan fingerprint density at radius 3 is 2.53 bits per heavy atom. The first-order valence-electron chi connectivity index (χ1n) is 11.7. The lowest BCUT2D eigenvalue weighted by atomic mass is 9.83. The van der Waals surface area contributed by atoms with Gasteiger partial charge < -0.3 is 9.88 Å². The first-order valence-corrected chi connectivity index (χ1v) is 12.5. The molecule has 2 heterocycles. The summed E-state index contributed by atoms with van der Waals surface area (Å²) >= 11 is 1.42. The summed E-state index contributed by atoms with van der Waals surface area (Å²) in [5.74, 6) is 0.834. The molecular weight excluding hydrogens is 420 g/mol. The van der Waals surface area contributed by atoms with Crippen LogP contribution in [0.4, 0.5) is 0 Å². The maximum atomic E-state index is 13.0. The van der Waals surface area contributed by atoms with Crippen LogP contribution in [0, 0.1) is 11.3 Å². The lowest BCUT2D eigenvalue weighted by molar-refractivity contribution is -0.121. The molecule has 1 N–H and O–H groups in total. The van der Waals surface area contributed by atoms with Crippen LogP contribution in [0.2, 0.25) is 0 Å². The molecule has 1 atom stereocenters. The number of nitrogens with one attached hydrogen (secondary N) is 1. The summed E-state index contributed by atoms with van der Waals surface area (Å²) in [5.41, 5.74) is 0.461. The van der Waals surface area contributed by atoms with Crippen LogP contribution >= 0.6 is 11.8 Å². The molecular formula is C24H32N6OS. The molecule has 8 heteroatoms. The molecule has 1 unspecified atom stereocenters. The lowest BCUT2D eigenvalue weighted by Gasteiger charge is -2.32. The van der Waals surface area contributed by atoms with E-state index in [4.69, 9.17) is 0 Å². The second-order valence-corrected chi connectivity index (χ2v) is 10.3. The van der Waals surface area contributed by atoms with E-state index in [2.05, 4.69) is 43.2 Å². The van der Waals surface area contributed by atoms with Gasteiger partial charge in [-0.2, -0.15) is 5.26 Å². The van der Waals surface area contributed by atoms with E-state index in [1.807, 2.05) is 25.1 Å². The molecule has 170 valence electrons. The van der Waals surface area contributed by atoms with E-state index >= 15 is 0 Å². The molecule has 1 saturated carbocycles. The van der Waals surface area contributed by atoms with Crippen molar-refractivity contribution in [2.24, 2.45) is 0 Å². The maximum absolute atomic E-state index is 13.0. The summed E-state index contributed by atoms with van der Waals surface area (Å²) in [6.07, 6.45) is 7.03. The normalized spacial score (nSPS) is 19.4. The van der Waals surface area contributed by atoms with Crippen LogP contribution in [0.25, 0.3) is 0 Å². The van der Waals surface area contributed by atoms with Crippen LogP contribution in [0.1, 0.15) is 63.3 Å². The van der Waals surface area contributed by atoms with Gasteiger partial charge in [-0.15, -0.1) is 10.2 Å². The summed E-state index contributed by atoms with van der Waals surface area (Å²) in [7, 11) is 0. The number of amides is 1. The number of likely N-dealkylation sites (tertiary alicyclic amines) is 1. The highest BCUT2D eigenvalue weighted by molar-refractivity contribution is 8.00. The van der Waals surface area contributed by atoms with Crippen molar-refractivity contribution in [2.75, 3.05) is 13.1 Å². The molecule has 32 heavy (non-hydrogen) atoms. The number of hydrogen-bond acceptors (Lipinski definition) is 6. The second-order valence-electron chi connectivity index (χ2n) is 8.96. The van der Waals surface area contributed by atoms with Crippen molar-refractivity contribution < 1.29 is 4.79 Å². The molecule has 0 spiro atoms. The van der Waals surface area contributed by atoms with Gasteiger partial charge in [-0.3, -0.25) is 9.69 Å². The Bertz CT molecular complexity index is 941. The third-order valence-corrected chi connectivity index (χ3v) is 7.56. The van der Waals surface area contributed by atoms with Gasteiger partial charge in [-0.05, 0) is 51.3 Å². The van der Waals surface area contributed by atoms with E-state index in [9.17, 15) is 10.1 Å². The maximum Gasteiger partial charge on any atom is 0.234 e. The summed E-state index contributed by atoms with van der Waals surface area (Å²) < 4.78 is 2.14. The summed E-state index contributed by atoms with van der Waals surface area (Å²) in [6.45, 7) is 5.52. The number of carbonyl (C=O) groups is 1. The van der Waals surface area contributed by atoms with E-state index in [0.717, 1.165) is 62.7 Å². The zero-order valence-corrected chi connectivity index (χ0v) is 19.6. The quantitative estimate of drug-likeness (QED) is 0.614. The van der Waals surface area contributed by atoms with Crippen molar-refractivity contribution in [2.45, 2.75) is 80.9 Å². The second kappa shape index (κ2) is 10.5. The molecule has 1 saturated heterocycles. The Kier molecular flexibility index (Phi) is 7.48. The smallest absolute Gasteiger partial charge is 0.234 e. The minimum atomic E-state index is -0.719. The molecule has 0 radical (unpaired) electrons. The van der Waals surface area contributed by atoms with Crippen LogP contribution < -0.4 is 5.32 Å². The number of nitrogens with zero attached hydrogens (tertiary/aromatic N) is 5. The van der Waals surface area contributed by atoms with Gasteiger partial charge in [0.05, 0.1) is 24.4 Å². The molecule has 1 aromatic carbocycles. The Morgan fingerprint density at radius 1 is 1.12 bits per heavy atom. The molecule has 4 rings (SSSR count). The van der Waals surface area contributed by atoms with Crippen molar-refractivity contribution in [3.05, 3.63) is 41.7 Å². The molecule has 1 amide bonds. The highest BCUT2D eigenvalue weighted by Gasteiger charge is 2.35. The zero-order chi connectivity index (χ0) is 22.4. The Labute approximate surface area is 194 Å². The number of nitriles is 1. The third kappa shape index (κ3) is 5.51. The fourth-order valence-corrected chi connectivity index (χ4v) is 5.43. The van der Waals surface area contributed by atoms with Crippen LogP contribution in [0.3, 0.4) is 0 Å². The Morgan fingerprint density at radius 2 is 1.84 bits per heavy atom. The minimum absolute atomic E-state index is 0.103. The molecule has 2 aromatic rings. The average molecular weight is 453 g/mol. The highest BCUT2D eigenvalue weighted by atomic mass is 32.2. The van der Waals surface area contributed by atoms with E-state index in [-0.39, 0.29) is 11.2 Å². The number of thioether (sulfide) groups is 1. The van der Waals surface area contributed by atoms with Gasteiger partial charge in [0.15, 0.2) is 5.16 Å². The number of benzene rings is 1. The first-order chi connectivity index (χ1) is 15.6. The standard InChI is InChI=1S/C24H32N6OS/c1-19(22(31)26-24(18-25)12-6-3-7-13-24)32-23-28-27-21(17-29-14-8-9-15-29)30(23)16-20-10-4-2-5-11-20/h2,4-5,10-11,19H,3,6-9,12-17H2,1H3,(H,26,31). The lowest BCUT2D eigenvalue weighted by Crippen LogP contribution is -2.51. The van der Waals surface area contributed by atoms with Crippen molar-refractivity contribution in [3.63, 3.8) is 0 Å². The molecule has 7 nitrogen and oxygen atoms in total. The number of aromatic nitrogens is 3. The minimum Gasteiger partial charge on any atom is -0.337 e. The van der Waals surface area contributed by atoms with Gasteiger partial charge in [0, 0.05) is 0 Å². The number of hydrogen-bond donors (Lipinski definition) is 1. The summed E-state index contributed by atoms with van der Waals surface area (Å²) in [4.78, 5) is 15.4. The number of rotatable bonds is 8. The van der Waals surface area contributed by atoms with Gasteiger partial charge in [0.25, 0.3) is 0 Å². The molecule has 2 fully saturated rings. The van der Waals surface area contributed by atoms with Crippen molar-refractivity contribution >= 4 is 17.7 Å². The zero-order valence-electron chi connectivity index (χ0n) is 18.8. The van der Waals surface area contributed by atoms with Crippen LogP contribution in [0.5, 0.6) is 0 Å². The van der Waals surface area contributed by atoms with E-state index < -0.39 is 5.54 Å². The summed E-state index contributed by atoms with van der Waals surface area (Å²) in [6, 6.07) is 12.7. The van der Waals surface area contributed by atoms with Crippen LogP contribution in [-0.2, 0) is 17.9 Å². The Hall–Kier alpha value is -2.37. The average Bonchev–Trinajstić information content (AvgIpc) is 3.46. The monoisotopic (exact) mass is 452 g/mol. The topological polar surface area (TPSA) is 86.8 Å². The van der Waals surface area contributed by atoms with E-state index in [0.29, 0.717) is 6.54 Å². The van der Waals surface area contributed by atoms with Crippen molar-refractivity contribution in [3.8, 4) is 6.07 Å². The Balaban J connectivity index is 1.49.